The molecule has 1 atom stereocenters. The van der Waals surface area contributed by atoms with Gasteiger partial charge in [-0.2, -0.15) is 0 Å². The number of likely N-dealkylation sites (tertiary alicyclic amines) is 1. The number of aliphatic hydroxyl groups is 1. The lowest BCUT2D eigenvalue weighted by atomic mass is 10.00. The molecule has 2 rings (SSSR count). The van der Waals surface area contributed by atoms with Gasteiger partial charge in [-0.15, -0.1) is 0 Å². The van der Waals surface area contributed by atoms with E-state index in [1.165, 1.54) is 12.1 Å². The van der Waals surface area contributed by atoms with E-state index in [1.54, 1.807) is 12.1 Å². The van der Waals surface area contributed by atoms with Gasteiger partial charge in [0.1, 0.15) is 11.9 Å². The van der Waals surface area contributed by atoms with Crippen molar-refractivity contribution in [2.24, 2.45) is 5.73 Å². The number of rotatable bonds is 7. The topological polar surface area (TPSA) is 75.8 Å². The van der Waals surface area contributed by atoms with Crippen LogP contribution in [-0.2, 0) is 9.53 Å². The van der Waals surface area contributed by atoms with E-state index in [0.717, 1.165) is 12.8 Å². The van der Waals surface area contributed by atoms with Crippen molar-refractivity contribution in [1.82, 2.24) is 4.90 Å². The molecule has 1 fully saturated rings. The summed E-state index contributed by atoms with van der Waals surface area (Å²) in [6.45, 7) is 2.09. The number of hydrogen-bond donors (Lipinski definition) is 2. The molecule has 5 nitrogen and oxygen atoms in total. The third kappa shape index (κ3) is 4.50. The third-order valence-electron chi connectivity index (χ3n) is 3.95. The molecule has 1 heterocycles. The van der Waals surface area contributed by atoms with E-state index in [2.05, 4.69) is 0 Å². The molecule has 0 bridgehead atoms. The smallest absolute Gasteiger partial charge is 0.239 e. The first-order valence-corrected chi connectivity index (χ1v) is 7.63. The number of benzene rings is 1. The maximum atomic E-state index is 13.0. The normalized spacial score (nSPS) is 18.3. The number of ether oxygens (including phenoxy) is 1. The molecule has 1 aliphatic rings. The van der Waals surface area contributed by atoms with Crippen molar-refractivity contribution in [2.45, 2.75) is 31.4 Å². The molecule has 0 aliphatic carbocycles. The summed E-state index contributed by atoms with van der Waals surface area (Å²) in [4.78, 5) is 13.8. The number of hydrogen-bond acceptors (Lipinski definition) is 4. The minimum Gasteiger partial charge on any atom is -0.396 e. The first kappa shape index (κ1) is 16.9. The molecule has 1 amide bonds. The summed E-state index contributed by atoms with van der Waals surface area (Å²) < 4.78 is 18.7. The van der Waals surface area contributed by atoms with E-state index >= 15 is 0 Å². The van der Waals surface area contributed by atoms with Crippen LogP contribution in [-0.4, -0.2) is 48.3 Å². The molecule has 1 unspecified atom stereocenters. The Morgan fingerprint density at radius 3 is 2.55 bits per heavy atom. The number of nitrogens with two attached hydrogens (primary N) is 1. The van der Waals surface area contributed by atoms with Gasteiger partial charge in [-0.3, -0.25) is 9.69 Å². The maximum Gasteiger partial charge on any atom is 0.239 e. The van der Waals surface area contributed by atoms with E-state index in [9.17, 15) is 9.18 Å². The van der Waals surface area contributed by atoms with Gasteiger partial charge in [0.2, 0.25) is 5.91 Å². The van der Waals surface area contributed by atoms with Crippen molar-refractivity contribution in [2.75, 3.05) is 26.3 Å². The highest BCUT2D eigenvalue weighted by Crippen LogP contribution is 2.25. The van der Waals surface area contributed by atoms with Gasteiger partial charge in [0, 0.05) is 26.3 Å². The van der Waals surface area contributed by atoms with E-state index in [-0.39, 0.29) is 18.5 Å². The summed E-state index contributed by atoms with van der Waals surface area (Å²) in [7, 11) is 0. The lowest BCUT2D eigenvalue weighted by Crippen LogP contribution is -2.44. The minimum atomic E-state index is -0.529. The van der Waals surface area contributed by atoms with Crippen LogP contribution in [0.4, 0.5) is 4.39 Å². The number of amides is 1. The molecule has 122 valence electrons. The van der Waals surface area contributed by atoms with Crippen LogP contribution >= 0.6 is 0 Å². The number of nitrogens with zero attached hydrogens (tertiary/aromatic N) is 1. The van der Waals surface area contributed by atoms with Gasteiger partial charge in [0.15, 0.2) is 0 Å². The largest absolute Gasteiger partial charge is 0.396 e. The molecule has 22 heavy (non-hydrogen) atoms. The summed E-state index contributed by atoms with van der Waals surface area (Å²) >= 11 is 0. The Morgan fingerprint density at radius 2 is 2.00 bits per heavy atom. The van der Waals surface area contributed by atoms with Crippen LogP contribution in [0.2, 0.25) is 0 Å². The van der Waals surface area contributed by atoms with E-state index in [1.807, 2.05) is 4.90 Å². The fraction of sp³-hybridized carbons (Fsp3) is 0.562. The van der Waals surface area contributed by atoms with Gasteiger partial charge in [0.05, 0.1) is 6.10 Å². The molecule has 6 heteroatoms. The van der Waals surface area contributed by atoms with Gasteiger partial charge >= 0.3 is 0 Å². The summed E-state index contributed by atoms with van der Waals surface area (Å²) in [6.07, 6.45) is 2.43. The third-order valence-corrected chi connectivity index (χ3v) is 3.95. The second kappa shape index (κ2) is 8.22. The summed E-state index contributed by atoms with van der Waals surface area (Å²) in [5, 5.41) is 8.75. The molecule has 1 aromatic carbocycles. The van der Waals surface area contributed by atoms with Crippen LogP contribution < -0.4 is 5.73 Å². The molecule has 0 aromatic heterocycles. The average molecular weight is 310 g/mol. The molecular weight excluding hydrogens is 287 g/mol. The molecule has 3 N–H and O–H groups in total. The van der Waals surface area contributed by atoms with Crippen molar-refractivity contribution in [3.63, 3.8) is 0 Å². The monoisotopic (exact) mass is 310 g/mol. The van der Waals surface area contributed by atoms with E-state index < -0.39 is 11.9 Å². The number of piperidine rings is 1. The van der Waals surface area contributed by atoms with Crippen LogP contribution in [0.15, 0.2) is 24.3 Å². The Labute approximate surface area is 129 Å². The Bertz CT molecular complexity index is 473. The standard InChI is InChI=1S/C16H23FN2O3/c17-13-4-2-12(3-5-13)15(16(18)21)19-8-6-14(7-9-19)22-11-1-10-20/h2-5,14-15,20H,1,6-11H2,(H2,18,21). The lowest BCUT2D eigenvalue weighted by molar-refractivity contribution is -0.124. The Kier molecular flexibility index (Phi) is 6.30. The number of carbonyl (C=O) groups is 1. The fourth-order valence-corrected chi connectivity index (χ4v) is 2.82. The SMILES string of the molecule is NC(=O)C(c1ccc(F)cc1)N1CCC(OCCCO)CC1. The Balaban J connectivity index is 1.94. The quantitative estimate of drug-likeness (QED) is 0.742. The van der Waals surface area contributed by atoms with Crippen molar-refractivity contribution in [1.29, 1.82) is 0 Å². The second-order valence-corrected chi connectivity index (χ2v) is 5.54. The molecule has 0 spiro atoms. The Morgan fingerprint density at radius 1 is 1.36 bits per heavy atom. The van der Waals surface area contributed by atoms with Gasteiger partial charge in [-0.25, -0.2) is 4.39 Å². The summed E-state index contributed by atoms with van der Waals surface area (Å²) in [6, 6.07) is 5.37. The number of primary amides is 1. The number of aliphatic hydroxyl groups excluding tert-OH is 1. The zero-order chi connectivity index (χ0) is 15.9. The lowest BCUT2D eigenvalue weighted by Gasteiger charge is -2.36. The highest BCUT2D eigenvalue weighted by Gasteiger charge is 2.29. The molecule has 0 saturated carbocycles. The van der Waals surface area contributed by atoms with Crippen molar-refractivity contribution >= 4 is 5.91 Å². The molecule has 1 aromatic rings. The minimum absolute atomic E-state index is 0.132. The van der Waals surface area contributed by atoms with Crippen molar-refractivity contribution in [3.05, 3.63) is 35.6 Å². The fourth-order valence-electron chi connectivity index (χ4n) is 2.82. The van der Waals surface area contributed by atoms with Crippen molar-refractivity contribution in [3.8, 4) is 0 Å². The van der Waals surface area contributed by atoms with Gasteiger partial charge in [0.25, 0.3) is 0 Å². The maximum absolute atomic E-state index is 13.0. The second-order valence-electron chi connectivity index (χ2n) is 5.54. The molecule has 1 saturated heterocycles. The predicted octanol–water partition coefficient (Wildman–Crippen LogP) is 1.22. The van der Waals surface area contributed by atoms with Crippen LogP contribution in [0, 0.1) is 5.82 Å². The van der Waals surface area contributed by atoms with Crippen molar-refractivity contribution < 1.29 is 19.0 Å². The predicted molar refractivity (Wildman–Crippen MR) is 80.6 cm³/mol. The zero-order valence-electron chi connectivity index (χ0n) is 12.6. The molecule has 1 aliphatic heterocycles. The van der Waals surface area contributed by atoms with Gasteiger partial charge in [-0.05, 0) is 37.0 Å². The highest BCUT2D eigenvalue weighted by molar-refractivity contribution is 5.81. The van der Waals surface area contributed by atoms with Crippen LogP contribution in [0.1, 0.15) is 30.9 Å². The summed E-state index contributed by atoms with van der Waals surface area (Å²) in [5.41, 5.74) is 6.25. The first-order chi connectivity index (χ1) is 10.6. The van der Waals surface area contributed by atoms with E-state index in [4.69, 9.17) is 15.6 Å². The van der Waals surface area contributed by atoms with Crippen LogP contribution in [0.25, 0.3) is 0 Å². The first-order valence-electron chi connectivity index (χ1n) is 7.63. The molecular formula is C16H23FN2O3. The molecule has 0 radical (unpaired) electrons. The summed E-state index contributed by atoms with van der Waals surface area (Å²) in [5.74, 6) is -0.755. The van der Waals surface area contributed by atoms with Crippen LogP contribution in [0.3, 0.4) is 0 Å². The average Bonchev–Trinajstić information content (AvgIpc) is 2.51. The van der Waals surface area contributed by atoms with Gasteiger partial charge < -0.3 is 15.6 Å². The highest BCUT2D eigenvalue weighted by atomic mass is 19.1. The van der Waals surface area contributed by atoms with Crippen LogP contribution in [0.5, 0.6) is 0 Å². The number of halogens is 1. The zero-order valence-corrected chi connectivity index (χ0v) is 12.6. The van der Waals surface area contributed by atoms with Gasteiger partial charge in [-0.1, -0.05) is 12.1 Å². The Hall–Kier alpha value is -1.50. The van der Waals surface area contributed by atoms with E-state index in [0.29, 0.717) is 31.7 Å². The number of carbonyl (C=O) groups excluding carboxylic acids is 1.